The van der Waals surface area contributed by atoms with Gasteiger partial charge in [-0.3, -0.25) is 19.9 Å². The normalized spacial score (nSPS) is 14.2. The van der Waals surface area contributed by atoms with E-state index in [0.29, 0.717) is 28.4 Å². The number of aromatic nitrogens is 8. The second-order valence-electron chi connectivity index (χ2n) is 9.81. The highest BCUT2D eigenvalue weighted by molar-refractivity contribution is 5.95. The fraction of sp³-hybridized carbons (Fsp3) is 0.207. The van der Waals surface area contributed by atoms with E-state index >= 15 is 0 Å². The summed E-state index contributed by atoms with van der Waals surface area (Å²) in [4.78, 5) is 39.0. The van der Waals surface area contributed by atoms with Crippen LogP contribution in [0.15, 0.2) is 67.3 Å². The summed E-state index contributed by atoms with van der Waals surface area (Å²) in [6, 6.07) is 13.4. The molecule has 39 heavy (non-hydrogen) atoms. The third-order valence-electron chi connectivity index (χ3n) is 7.24. The van der Waals surface area contributed by atoms with Gasteiger partial charge in [0.05, 0.1) is 34.3 Å². The summed E-state index contributed by atoms with van der Waals surface area (Å²) in [5, 5.41) is 10.6. The number of rotatable bonds is 5. The second kappa shape index (κ2) is 9.71. The zero-order valence-corrected chi connectivity index (χ0v) is 21.1. The van der Waals surface area contributed by atoms with Gasteiger partial charge >= 0.3 is 0 Å². The monoisotopic (exact) mass is 515 g/mol. The molecule has 6 aromatic rings. The van der Waals surface area contributed by atoms with Crippen LogP contribution in [0, 0.1) is 5.92 Å². The molecule has 3 N–H and O–H groups in total. The van der Waals surface area contributed by atoms with E-state index in [1.54, 1.807) is 24.8 Å². The second-order valence-corrected chi connectivity index (χ2v) is 9.81. The Kier molecular flexibility index (Phi) is 5.77. The highest BCUT2D eigenvalue weighted by Crippen LogP contribution is 2.31. The number of H-pyrrole nitrogens is 2. The number of imidazole rings is 1. The molecule has 0 atom stereocenters. The molecule has 0 aromatic carbocycles. The van der Waals surface area contributed by atoms with Gasteiger partial charge in [-0.15, -0.1) is 0 Å². The molecule has 0 aliphatic heterocycles. The van der Waals surface area contributed by atoms with Gasteiger partial charge in [-0.2, -0.15) is 5.10 Å². The Morgan fingerprint density at radius 3 is 2.72 bits per heavy atom. The minimum Gasteiger partial charge on any atom is -0.335 e. The largest absolute Gasteiger partial charge is 0.335 e. The number of amides is 1. The van der Waals surface area contributed by atoms with Crippen LogP contribution in [0.4, 0.5) is 5.69 Å². The fourth-order valence-electron chi connectivity index (χ4n) is 5.24. The molecule has 6 aromatic heterocycles. The van der Waals surface area contributed by atoms with Crippen LogP contribution in [0.25, 0.3) is 56.2 Å². The molecule has 10 heteroatoms. The quantitative estimate of drug-likeness (QED) is 0.274. The van der Waals surface area contributed by atoms with Crippen molar-refractivity contribution < 1.29 is 4.79 Å². The first-order chi connectivity index (χ1) is 19.2. The van der Waals surface area contributed by atoms with Crippen LogP contribution in [0.2, 0.25) is 0 Å². The molecule has 10 nitrogen and oxygen atoms in total. The molecule has 0 bridgehead atoms. The summed E-state index contributed by atoms with van der Waals surface area (Å²) in [6.07, 6.45) is 12.2. The topological polar surface area (TPSA) is 138 Å². The lowest BCUT2D eigenvalue weighted by atomic mass is 9.88. The summed E-state index contributed by atoms with van der Waals surface area (Å²) in [5.74, 6) is 0.697. The average molecular weight is 516 g/mol. The first kappa shape index (κ1) is 23.2. The lowest BCUT2D eigenvalue weighted by Crippen LogP contribution is -2.24. The van der Waals surface area contributed by atoms with E-state index in [-0.39, 0.29) is 11.8 Å². The van der Waals surface area contributed by atoms with Gasteiger partial charge in [-0.25, -0.2) is 15.0 Å². The maximum Gasteiger partial charge on any atom is 0.227 e. The summed E-state index contributed by atoms with van der Waals surface area (Å²) in [5.41, 5.74) is 7.32. The Labute approximate surface area is 223 Å². The standard InChI is InChI=1S/C29H25N9O/c39-29(17-6-2-1-3-7-17)33-19-14-18(15-30-16-19)21-9-10-23-25(34-21)26(38-37-23)28-35-24-20(11-13-32-27(24)36-28)22-8-4-5-12-31-22/h4-5,8-17H,1-3,6-7H2,(H,33,39)(H,37,38)(H,32,35,36). The minimum atomic E-state index is 0.0674. The zero-order chi connectivity index (χ0) is 26.2. The summed E-state index contributed by atoms with van der Waals surface area (Å²) in [6.45, 7) is 0. The van der Waals surface area contributed by atoms with E-state index < -0.39 is 0 Å². The molecular formula is C29H25N9O. The first-order valence-corrected chi connectivity index (χ1v) is 13.1. The molecule has 0 radical (unpaired) electrons. The number of nitrogens with one attached hydrogen (secondary N) is 3. The van der Waals surface area contributed by atoms with Crippen LogP contribution < -0.4 is 5.32 Å². The summed E-state index contributed by atoms with van der Waals surface area (Å²) >= 11 is 0. The number of hydrogen-bond acceptors (Lipinski definition) is 7. The van der Waals surface area contributed by atoms with Crippen LogP contribution in [-0.2, 0) is 4.79 Å². The van der Waals surface area contributed by atoms with Gasteiger partial charge in [0.2, 0.25) is 5.91 Å². The van der Waals surface area contributed by atoms with E-state index in [2.05, 4.69) is 35.5 Å². The van der Waals surface area contributed by atoms with Gasteiger partial charge in [0.25, 0.3) is 0 Å². The van der Waals surface area contributed by atoms with Crippen molar-refractivity contribution in [2.75, 3.05) is 5.32 Å². The van der Waals surface area contributed by atoms with Crippen molar-refractivity contribution in [2.24, 2.45) is 5.92 Å². The molecule has 0 saturated heterocycles. The van der Waals surface area contributed by atoms with Crippen LogP contribution in [0.1, 0.15) is 32.1 Å². The summed E-state index contributed by atoms with van der Waals surface area (Å²) < 4.78 is 0. The summed E-state index contributed by atoms with van der Waals surface area (Å²) in [7, 11) is 0. The molecule has 0 unspecified atom stereocenters. The number of anilines is 1. The smallest absolute Gasteiger partial charge is 0.227 e. The van der Waals surface area contributed by atoms with E-state index in [1.807, 2.05) is 42.5 Å². The van der Waals surface area contributed by atoms with Crippen LogP contribution in [-0.4, -0.2) is 46.0 Å². The third kappa shape index (κ3) is 4.39. The molecule has 0 spiro atoms. The van der Waals surface area contributed by atoms with Crippen molar-refractivity contribution in [2.45, 2.75) is 32.1 Å². The number of pyridine rings is 4. The predicted octanol–water partition coefficient (Wildman–Crippen LogP) is 5.54. The zero-order valence-electron chi connectivity index (χ0n) is 21.1. The molecule has 1 aliphatic carbocycles. The van der Waals surface area contributed by atoms with Crippen molar-refractivity contribution in [1.82, 2.24) is 40.1 Å². The van der Waals surface area contributed by atoms with Gasteiger partial charge in [0, 0.05) is 35.6 Å². The highest BCUT2D eigenvalue weighted by Gasteiger charge is 2.22. The van der Waals surface area contributed by atoms with Gasteiger partial charge in [0.1, 0.15) is 5.52 Å². The fourth-order valence-corrected chi connectivity index (χ4v) is 5.24. The van der Waals surface area contributed by atoms with Crippen molar-refractivity contribution in [3.05, 3.63) is 67.3 Å². The van der Waals surface area contributed by atoms with Crippen molar-refractivity contribution >= 4 is 33.8 Å². The van der Waals surface area contributed by atoms with Crippen LogP contribution >= 0.6 is 0 Å². The van der Waals surface area contributed by atoms with E-state index in [0.717, 1.165) is 59.2 Å². The van der Waals surface area contributed by atoms with E-state index in [1.165, 1.54) is 6.42 Å². The molecular weight excluding hydrogens is 490 g/mol. The number of carbonyl (C=O) groups excluding carboxylic acids is 1. The average Bonchev–Trinajstić information content (AvgIpc) is 3.62. The molecule has 1 fully saturated rings. The first-order valence-electron chi connectivity index (χ1n) is 13.1. The lowest BCUT2D eigenvalue weighted by molar-refractivity contribution is -0.120. The highest BCUT2D eigenvalue weighted by atomic mass is 16.1. The molecule has 7 rings (SSSR count). The van der Waals surface area contributed by atoms with Gasteiger partial charge in [-0.1, -0.05) is 25.3 Å². The van der Waals surface area contributed by atoms with E-state index in [4.69, 9.17) is 9.97 Å². The van der Waals surface area contributed by atoms with Crippen molar-refractivity contribution in [1.29, 1.82) is 0 Å². The number of carbonyl (C=O) groups is 1. The van der Waals surface area contributed by atoms with Crippen molar-refractivity contribution in [3.8, 4) is 34.0 Å². The van der Waals surface area contributed by atoms with Gasteiger partial charge in [0.15, 0.2) is 17.2 Å². The third-order valence-corrected chi connectivity index (χ3v) is 7.24. The molecule has 1 aliphatic rings. The number of aromatic amines is 2. The molecule has 1 saturated carbocycles. The Morgan fingerprint density at radius 1 is 0.923 bits per heavy atom. The number of hydrogen-bond donors (Lipinski definition) is 3. The Hall–Kier alpha value is -4.99. The number of nitrogens with zero attached hydrogens (tertiary/aromatic N) is 6. The maximum absolute atomic E-state index is 12.8. The SMILES string of the molecule is O=C(Nc1cncc(-c2ccc3[nH]nc(-c4nc5nccc(-c6ccccn6)c5[nH]4)c3n2)c1)C1CCCCC1. The van der Waals surface area contributed by atoms with Crippen LogP contribution in [0.3, 0.4) is 0 Å². The minimum absolute atomic E-state index is 0.0674. The van der Waals surface area contributed by atoms with E-state index in [9.17, 15) is 4.79 Å². The molecule has 192 valence electrons. The molecule has 6 heterocycles. The van der Waals surface area contributed by atoms with Gasteiger partial charge in [-0.05, 0) is 49.2 Å². The predicted molar refractivity (Wildman–Crippen MR) is 148 cm³/mol. The molecule has 1 amide bonds. The maximum atomic E-state index is 12.8. The number of fused-ring (bicyclic) bond motifs is 2. The van der Waals surface area contributed by atoms with Crippen LogP contribution in [0.5, 0.6) is 0 Å². The Bertz CT molecular complexity index is 1800. The Morgan fingerprint density at radius 2 is 1.85 bits per heavy atom. The van der Waals surface area contributed by atoms with Crippen molar-refractivity contribution in [3.63, 3.8) is 0 Å². The lowest BCUT2D eigenvalue weighted by Gasteiger charge is -2.20. The Balaban J connectivity index is 1.23. The van der Waals surface area contributed by atoms with Gasteiger partial charge < -0.3 is 10.3 Å².